The summed E-state index contributed by atoms with van der Waals surface area (Å²) in [5.74, 6) is -2.07. The second-order valence-corrected chi connectivity index (χ2v) is 5.70. The van der Waals surface area contributed by atoms with Crippen molar-refractivity contribution in [1.82, 2.24) is 4.90 Å². The second-order valence-electron chi connectivity index (χ2n) is 5.70. The number of likely N-dealkylation sites (tertiary alicyclic amines) is 1. The fourth-order valence-corrected chi connectivity index (χ4v) is 2.84. The summed E-state index contributed by atoms with van der Waals surface area (Å²) in [6.45, 7) is 2.68. The van der Waals surface area contributed by atoms with E-state index in [0.717, 1.165) is 6.42 Å². The zero-order valence-electron chi connectivity index (χ0n) is 12.4. The van der Waals surface area contributed by atoms with E-state index >= 15 is 0 Å². The molecule has 0 saturated carbocycles. The Morgan fingerprint density at radius 2 is 1.81 bits per heavy atom. The Morgan fingerprint density at radius 1 is 1.24 bits per heavy atom. The van der Waals surface area contributed by atoms with E-state index in [-0.39, 0.29) is 18.7 Å². The molecule has 1 saturated heterocycles. The minimum Gasteiger partial charge on any atom is -0.481 e. The van der Waals surface area contributed by atoms with E-state index in [1.54, 1.807) is 4.90 Å². The van der Waals surface area contributed by atoms with E-state index in [0.29, 0.717) is 32.4 Å². The Balaban J connectivity index is 2.56. The molecule has 0 aromatic carbocycles. The van der Waals surface area contributed by atoms with Crippen molar-refractivity contribution in [2.45, 2.75) is 51.5 Å². The third-order valence-electron chi connectivity index (χ3n) is 4.20. The Bertz CT molecular complexity index is 402. The van der Waals surface area contributed by atoms with Crippen molar-refractivity contribution in [3.8, 4) is 0 Å². The molecule has 1 unspecified atom stereocenters. The fraction of sp³-hybridized carbons (Fsp3) is 0.786. The highest BCUT2D eigenvalue weighted by molar-refractivity contribution is 5.83. The number of aliphatic carboxylic acids is 2. The lowest BCUT2D eigenvalue weighted by atomic mass is 9.75. The third kappa shape index (κ3) is 4.42. The van der Waals surface area contributed by atoms with Gasteiger partial charge in [0.25, 0.3) is 0 Å². The maximum atomic E-state index is 12.1. The zero-order chi connectivity index (χ0) is 16.0. The van der Waals surface area contributed by atoms with Crippen molar-refractivity contribution < 1.29 is 24.6 Å². The average Bonchev–Trinajstić information content (AvgIpc) is 2.44. The molecule has 0 aromatic rings. The van der Waals surface area contributed by atoms with Crippen molar-refractivity contribution in [1.29, 1.82) is 0 Å². The molecular formula is C14H24N2O5. The second kappa shape index (κ2) is 7.40. The Labute approximate surface area is 124 Å². The summed E-state index contributed by atoms with van der Waals surface area (Å²) in [5, 5.41) is 18.0. The molecule has 0 aromatic heterocycles. The van der Waals surface area contributed by atoms with E-state index in [9.17, 15) is 19.5 Å². The standard InChI is InChI=1S/C14H24N2O5/c1-2-5-14(13(20)21)6-8-16(9-7-14)12(19)10(15)3-4-11(17)18/h10H,2-9,15H2,1H3,(H,17,18)(H,20,21). The molecule has 1 aliphatic rings. The van der Waals surface area contributed by atoms with Crippen molar-refractivity contribution in [3.05, 3.63) is 0 Å². The predicted octanol–water partition coefficient (Wildman–Crippen LogP) is 0.672. The van der Waals surface area contributed by atoms with Crippen LogP contribution in [0, 0.1) is 5.41 Å². The highest BCUT2D eigenvalue weighted by Gasteiger charge is 2.41. The number of carboxylic acid groups (broad SMARTS) is 2. The minimum atomic E-state index is -0.982. The van der Waals surface area contributed by atoms with Gasteiger partial charge in [0.2, 0.25) is 5.91 Å². The normalized spacial score (nSPS) is 19.0. The number of hydrogen-bond acceptors (Lipinski definition) is 4. The molecule has 1 rings (SSSR count). The molecule has 1 atom stereocenters. The summed E-state index contributed by atoms with van der Waals surface area (Å²) < 4.78 is 0. The van der Waals surface area contributed by atoms with Crippen LogP contribution in [0.1, 0.15) is 45.4 Å². The summed E-state index contributed by atoms with van der Waals surface area (Å²) in [6.07, 6.45) is 2.20. The van der Waals surface area contributed by atoms with E-state index in [1.165, 1.54) is 0 Å². The Hall–Kier alpha value is -1.63. The summed E-state index contributed by atoms with van der Waals surface area (Å²) in [7, 11) is 0. The molecule has 7 nitrogen and oxygen atoms in total. The lowest BCUT2D eigenvalue weighted by Crippen LogP contribution is -2.51. The first-order valence-electron chi connectivity index (χ1n) is 7.32. The van der Waals surface area contributed by atoms with Crippen LogP contribution >= 0.6 is 0 Å². The maximum absolute atomic E-state index is 12.1. The molecule has 0 bridgehead atoms. The Morgan fingerprint density at radius 3 is 2.24 bits per heavy atom. The van der Waals surface area contributed by atoms with Gasteiger partial charge >= 0.3 is 11.9 Å². The van der Waals surface area contributed by atoms with Crippen molar-refractivity contribution in [2.75, 3.05) is 13.1 Å². The van der Waals surface area contributed by atoms with Crippen LogP contribution in [-0.2, 0) is 14.4 Å². The van der Waals surface area contributed by atoms with Crippen LogP contribution in [0.25, 0.3) is 0 Å². The Kier molecular flexibility index (Phi) is 6.14. The number of amides is 1. The first-order valence-corrected chi connectivity index (χ1v) is 7.32. The van der Waals surface area contributed by atoms with E-state index in [4.69, 9.17) is 10.8 Å². The third-order valence-corrected chi connectivity index (χ3v) is 4.20. The van der Waals surface area contributed by atoms with Crippen LogP contribution in [0.3, 0.4) is 0 Å². The number of hydrogen-bond donors (Lipinski definition) is 3. The smallest absolute Gasteiger partial charge is 0.309 e. The van der Waals surface area contributed by atoms with Crippen LogP contribution in [0.15, 0.2) is 0 Å². The molecule has 0 aliphatic carbocycles. The SMILES string of the molecule is CCCC1(C(=O)O)CCN(C(=O)C(N)CCC(=O)O)CC1. The van der Waals surface area contributed by atoms with E-state index in [2.05, 4.69) is 0 Å². The van der Waals surface area contributed by atoms with Gasteiger partial charge < -0.3 is 20.8 Å². The van der Waals surface area contributed by atoms with Gasteiger partial charge in [-0.25, -0.2) is 0 Å². The highest BCUT2D eigenvalue weighted by atomic mass is 16.4. The van der Waals surface area contributed by atoms with Crippen molar-refractivity contribution >= 4 is 17.8 Å². The molecule has 1 fully saturated rings. The molecule has 0 radical (unpaired) electrons. The van der Waals surface area contributed by atoms with Crippen LogP contribution in [0.4, 0.5) is 0 Å². The highest BCUT2D eigenvalue weighted by Crippen LogP contribution is 2.36. The zero-order valence-corrected chi connectivity index (χ0v) is 12.4. The largest absolute Gasteiger partial charge is 0.481 e. The van der Waals surface area contributed by atoms with Gasteiger partial charge in [0, 0.05) is 19.5 Å². The first kappa shape index (κ1) is 17.4. The van der Waals surface area contributed by atoms with Gasteiger partial charge in [0.05, 0.1) is 11.5 Å². The molecule has 120 valence electrons. The van der Waals surface area contributed by atoms with Crippen molar-refractivity contribution in [3.63, 3.8) is 0 Å². The number of carbonyl (C=O) groups excluding carboxylic acids is 1. The van der Waals surface area contributed by atoms with Gasteiger partial charge in [0.15, 0.2) is 0 Å². The number of piperidine rings is 1. The first-order chi connectivity index (χ1) is 9.82. The molecular weight excluding hydrogens is 276 g/mol. The van der Waals surface area contributed by atoms with Gasteiger partial charge in [-0.05, 0) is 25.7 Å². The number of nitrogens with zero attached hydrogens (tertiary/aromatic N) is 1. The summed E-state index contributed by atoms with van der Waals surface area (Å²) in [5.41, 5.74) is 4.97. The molecule has 7 heteroatoms. The van der Waals surface area contributed by atoms with Crippen LogP contribution in [0.2, 0.25) is 0 Å². The van der Waals surface area contributed by atoms with Gasteiger partial charge in [-0.3, -0.25) is 14.4 Å². The summed E-state index contributed by atoms with van der Waals surface area (Å²) in [4.78, 5) is 35.6. The molecule has 1 aliphatic heterocycles. The van der Waals surface area contributed by atoms with Crippen LogP contribution in [0.5, 0.6) is 0 Å². The van der Waals surface area contributed by atoms with Gasteiger partial charge in [-0.2, -0.15) is 0 Å². The summed E-state index contributed by atoms with van der Waals surface area (Å²) >= 11 is 0. The number of nitrogens with two attached hydrogens (primary N) is 1. The predicted molar refractivity (Wildman–Crippen MR) is 75.6 cm³/mol. The van der Waals surface area contributed by atoms with Gasteiger partial charge in [-0.15, -0.1) is 0 Å². The monoisotopic (exact) mass is 300 g/mol. The van der Waals surface area contributed by atoms with E-state index < -0.39 is 23.4 Å². The lowest BCUT2D eigenvalue weighted by Gasteiger charge is -2.39. The average molecular weight is 300 g/mol. The quantitative estimate of drug-likeness (QED) is 0.635. The van der Waals surface area contributed by atoms with Gasteiger partial charge in [0.1, 0.15) is 0 Å². The lowest BCUT2D eigenvalue weighted by molar-refractivity contribution is -0.155. The summed E-state index contributed by atoms with van der Waals surface area (Å²) in [6, 6.07) is -0.829. The molecule has 1 amide bonds. The van der Waals surface area contributed by atoms with E-state index in [1.807, 2.05) is 6.92 Å². The van der Waals surface area contributed by atoms with Crippen molar-refractivity contribution in [2.24, 2.45) is 11.1 Å². The van der Waals surface area contributed by atoms with Crippen LogP contribution < -0.4 is 5.73 Å². The maximum Gasteiger partial charge on any atom is 0.309 e. The number of carbonyl (C=O) groups is 3. The minimum absolute atomic E-state index is 0.101. The fourth-order valence-electron chi connectivity index (χ4n) is 2.84. The van der Waals surface area contributed by atoms with Gasteiger partial charge in [-0.1, -0.05) is 13.3 Å². The number of rotatable bonds is 7. The molecule has 21 heavy (non-hydrogen) atoms. The number of carboxylic acids is 2. The molecule has 1 heterocycles. The van der Waals surface area contributed by atoms with Crippen LogP contribution in [-0.4, -0.2) is 52.1 Å². The molecule has 0 spiro atoms. The topological polar surface area (TPSA) is 121 Å². The molecule has 4 N–H and O–H groups in total.